The number of hydrogen-bond donors (Lipinski definition) is 2. The fourth-order valence-corrected chi connectivity index (χ4v) is 7.87. The predicted octanol–water partition coefficient (Wildman–Crippen LogP) is 5.44. The molecule has 162 valence electrons. The van der Waals surface area contributed by atoms with Crippen molar-refractivity contribution in [3.63, 3.8) is 0 Å². The maximum absolute atomic E-state index is 12.7. The Bertz CT molecular complexity index is 794. The number of rotatable bonds is 2. The van der Waals surface area contributed by atoms with E-state index in [9.17, 15) is 14.3 Å². The summed E-state index contributed by atoms with van der Waals surface area (Å²) in [4.78, 5) is 22.7. The molecular weight excluding hydrogens is 381 g/mol. The molecule has 5 heteroatoms. The van der Waals surface area contributed by atoms with E-state index < -0.39 is 13.4 Å². The van der Waals surface area contributed by atoms with Crippen molar-refractivity contribution in [2.45, 2.75) is 85.6 Å². The third-order valence-electron chi connectivity index (χ3n) is 8.85. The molecule has 2 N–H and O–H groups in total. The van der Waals surface area contributed by atoms with Crippen LogP contribution in [-0.4, -0.2) is 16.8 Å². The van der Waals surface area contributed by atoms with Crippen LogP contribution in [0.4, 0.5) is 0 Å². The molecule has 5 unspecified atom stereocenters. The molecule has 0 saturated heterocycles. The number of carbonyl (C=O) groups is 1. The molecule has 4 aliphatic carbocycles. The first-order valence-electron chi connectivity index (χ1n) is 11.4. The summed E-state index contributed by atoms with van der Waals surface area (Å²) >= 11 is 0. The van der Waals surface area contributed by atoms with E-state index in [1.54, 1.807) is 0 Å². The Morgan fingerprint density at radius 1 is 1.21 bits per heavy atom. The van der Waals surface area contributed by atoms with Crippen molar-refractivity contribution in [3.8, 4) is 0 Å². The van der Waals surface area contributed by atoms with Gasteiger partial charge in [0.1, 0.15) is 0 Å². The van der Waals surface area contributed by atoms with Crippen molar-refractivity contribution in [2.75, 3.05) is 0 Å². The SMILES string of the molecule is CC(C)(C)C(=O)NC1C[C@@]2(C)C(=CCC3C4CCC[C@@]4(C)CCC32)C=C1[PH](=O)O. The van der Waals surface area contributed by atoms with E-state index in [2.05, 4.69) is 25.2 Å². The molecule has 0 radical (unpaired) electrons. The smallest absolute Gasteiger partial charge is 0.225 e. The summed E-state index contributed by atoms with van der Waals surface area (Å²) in [6.07, 6.45) is 12.8. The first-order chi connectivity index (χ1) is 13.5. The van der Waals surface area contributed by atoms with Crippen molar-refractivity contribution >= 4 is 13.9 Å². The Labute approximate surface area is 176 Å². The number of allylic oxidation sites excluding steroid dienone is 3. The maximum atomic E-state index is 12.7. The van der Waals surface area contributed by atoms with Gasteiger partial charge in [-0.05, 0) is 78.8 Å². The molecular formula is C24H38NO3P. The second kappa shape index (κ2) is 7.09. The second-order valence-corrected chi connectivity index (χ2v) is 12.8. The van der Waals surface area contributed by atoms with Gasteiger partial charge in [0.25, 0.3) is 0 Å². The summed E-state index contributed by atoms with van der Waals surface area (Å²) in [5.74, 6) is 2.07. The largest absolute Gasteiger partial charge is 0.349 e. The van der Waals surface area contributed by atoms with Gasteiger partial charge in [-0.1, -0.05) is 47.1 Å². The second-order valence-electron chi connectivity index (χ2n) is 11.7. The minimum atomic E-state index is -2.85. The van der Waals surface area contributed by atoms with Crippen LogP contribution in [0.15, 0.2) is 23.0 Å². The topological polar surface area (TPSA) is 66.4 Å². The molecule has 4 aliphatic rings. The Morgan fingerprint density at radius 2 is 1.93 bits per heavy atom. The minimum absolute atomic E-state index is 0.0243. The zero-order chi connectivity index (χ0) is 21.2. The third-order valence-corrected chi connectivity index (χ3v) is 9.84. The van der Waals surface area contributed by atoms with Gasteiger partial charge >= 0.3 is 0 Å². The van der Waals surface area contributed by atoms with Crippen molar-refractivity contribution in [1.29, 1.82) is 0 Å². The summed E-state index contributed by atoms with van der Waals surface area (Å²) in [5, 5.41) is 3.65. The lowest BCUT2D eigenvalue weighted by Crippen LogP contribution is -2.52. The number of hydrogen-bond acceptors (Lipinski definition) is 2. The van der Waals surface area contributed by atoms with E-state index in [4.69, 9.17) is 0 Å². The summed E-state index contributed by atoms with van der Waals surface area (Å²) in [6.45, 7) is 10.5. The number of carbonyl (C=O) groups excluding carboxylic acids is 1. The number of amides is 1. The van der Waals surface area contributed by atoms with Crippen LogP contribution in [0.2, 0.25) is 0 Å². The molecule has 0 aromatic rings. The maximum Gasteiger partial charge on any atom is 0.225 e. The van der Waals surface area contributed by atoms with Gasteiger partial charge in [0.05, 0.1) is 6.04 Å². The van der Waals surface area contributed by atoms with Gasteiger partial charge in [-0.25, -0.2) is 0 Å². The van der Waals surface area contributed by atoms with Crippen LogP contribution in [0, 0.1) is 34.0 Å². The lowest BCUT2D eigenvalue weighted by atomic mass is 9.48. The van der Waals surface area contributed by atoms with Crippen LogP contribution in [0.3, 0.4) is 0 Å². The van der Waals surface area contributed by atoms with Gasteiger partial charge in [0.15, 0.2) is 0 Å². The van der Waals surface area contributed by atoms with Crippen molar-refractivity contribution in [2.24, 2.45) is 34.0 Å². The van der Waals surface area contributed by atoms with Gasteiger partial charge in [-0.15, -0.1) is 0 Å². The summed E-state index contributed by atoms with van der Waals surface area (Å²) in [7, 11) is -2.85. The van der Waals surface area contributed by atoms with Crippen molar-refractivity contribution in [1.82, 2.24) is 5.32 Å². The fourth-order valence-electron chi connectivity index (χ4n) is 7.12. The van der Waals surface area contributed by atoms with Gasteiger partial charge < -0.3 is 10.2 Å². The standard InChI is InChI=1S/C24H38NO3P/c1-22(2,3)21(26)25-19-14-24(5)15(13-20(19)29(27)28)8-9-16-17-7-6-11-23(17,4)12-10-18(16)24/h8,13,16-19,29H,6-7,9-12,14H2,1-5H3,(H,25,26)(H,27,28)/t16?,17?,18?,19?,23-,24-/m0/s1. The lowest BCUT2D eigenvalue weighted by molar-refractivity contribution is -0.129. The third kappa shape index (κ3) is 3.49. The molecule has 0 bridgehead atoms. The van der Waals surface area contributed by atoms with Crippen LogP contribution >= 0.6 is 8.03 Å². The molecule has 4 nitrogen and oxygen atoms in total. The molecule has 0 spiro atoms. The normalized spacial score (nSPS) is 42.7. The van der Waals surface area contributed by atoms with E-state index in [-0.39, 0.29) is 17.4 Å². The van der Waals surface area contributed by atoms with E-state index >= 15 is 0 Å². The predicted molar refractivity (Wildman–Crippen MR) is 118 cm³/mol. The zero-order valence-electron chi connectivity index (χ0n) is 18.7. The van der Waals surface area contributed by atoms with E-state index in [1.807, 2.05) is 26.8 Å². The Hall–Kier alpha value is -0.860. The highest BCUT2D eigenvalue weighted by Gasteiger charge is 2.56. The van der Waals surface area contributed by atoms with Crippen LogP contribution in [0.5, 0.6) is 0 Å². The van der Waals surface area contributed by atoms with Crippen LogP contribution < -0.4 is 5.32 Å². The Balaban J connectivity index is 1.68. The molecule has 4 rings (SSSR count). The highest BCUT2D eigenvalue weighted by Crippen LogP contribution is 2.65. The van der Waals surface area contributed by atoms with Crippen molar-refractivity contribution < 1.29 is 14.3 Å². The van der Waals surface area contributed by atoms with Crippen LogP contribution in [-0.2, 0) is 9.36 Å². The molecule has 1 amide bonds. The molecule has 0 aliphatic heterocycles. The number of fused-ring (bicyclic) bond motifs is 5. The van der Waals surface area contributed by atoms with E-state index in [0.29, 0.717) is 22.6 Å². The van der Waals surface area contributed by atoms with Gasteiger partial charge in [-0.3, -0.25) is 9.36 Å². The van der Waals surface area contributed by atoms with E-state index in [1.165, 1.54) is 37.7 Å². The molecule has 7 atom stereocenters. The van der Waals surface area contributed by atoms with E-state index in [0.717, 1.165) is 18.8 Å². The molecule has 0 aromatic heterocycles. The van der Waals surface area contributed by atoms with Crippen LogP contribution in [0.1, 0.15) is 79.6 Å². The van der Waals surface area contributed by atoms with Crippen LogP contribution in [0.25, 0.3) is 0 Å². The van der Waals surface area contributed by atoms with Gasteiger partial charge in [0, 0.05) is 10.7 Å². The molecule has 2 fully saturated rings. The molecule has 0 aromatic carbocycles. The summed E-state index contributed by atoms with van der Waals surface area (Å²) < 4.78 is 12.2. The highest BCUT2D eigenvalue weighted by atomic mass is 31.1. The first kappa shape index (κ1) is 21.4. The quantitative estimate of drug-likeness (QED) is 0.586. The summed E-state index contributed by atoms with van der Waals surface area (Å²) in [5.41, 5.74) is 1.21. The first-order valence-corrected chi connectivity index (χ1v) is 12.8. The zero-order valence-corrected chi connectivity index (χ0v) is 19.7. The summed E-state index contributed by atoms with van der Waals surface area (Å²) in [6, 6.07) is -0.337. The molecule has 0 heterocycles. The lowest BCUT2D eigenvalue weighted by Gasteiger charge is -2.57. The molecule has 29 heavy (non-hydrogen) atoms. The fraction of sp³-hybridized carbons (Fsp3) is 0.792. The van der Waals surface area contributed by atoms with Gasteiger partial charge in [-0.2, -0.15) is 0 Å². The average Bonchev–Trinajstić information content (AvgIpc) is 3.01. The molecule has 2 saturated carbocycles. The Morgan fingerprint density at radius 3 is 2.59 bits per heavy atom. The van der Waals surface area contributed by atoms with Crippen molar-refractivity contribution in [3.05, 3.63) is 23.0 Å². The minimum Gasteiger partial charge on any atom is -0.349 e. The average molecular weight is 420 g/mol. The highest BCUT2D eigenvalue weighted by molar-refractivity contribution is 7.43. The number of nitrogens with one attached hydrogen (secondary N) is 1. The monoisotopic (exact) mass is 419 g/mol. The van der Waals surface area contributed by atoms with Gasteiger partial charge in [0.2, 0.25) is 13.9 Å². The Kier molecular flexibility index (Phi) is 5.23.